The number of sulfonamides is 1. The molecule has 0 spiro atoms. The molecule has 2 fully saturated rings. The van der Waals surface area contributed by atoms with Crippen LogP contribution in [0.2, 0.25) is 0 Å². The van der Waals surface area contributed by atoms with Crippen LogP contribution in [0.15, 0.2) is 39.6 Å². The zero-order chi connectivity index (χ0) is 22.1. The first-order valence-corrected chi connectivity index (χ1v) is 13.1. The van der Waals surface area contributed by atoms with Gasteiger partial charge in [-0.1, -0.05) is 26.0 Å². The van der Waals surface area contributed by atoms with Crippen LogP contribution < -0.4 is 5.32 Å². The zero-order valence-corrected chi connectivity index (χ0v) is 20.3. The first-order chi connectivity index (χ1) is 14.7. The molecule has 1 aromatic rings. The summed E-state index contributed by atoms with van der Waals surface area (Å²) < 4.78 is 30.4. The molecule has 2 aliphatic carbocycles. The van der Waals surface area contributed by atoms with E-state index in [1.807, 2.05) is 27.5 Å². The minimum absolute atomic E-state index is 0.0660. The van der Waals surface area contributed by atoms with Gasteiger partial charge in [0.15, 0.2) is 11.7 Å². The summed E-state index contributed by atoms with van der Waals surface area (Å²) in [7, 11) is -4.00. The molecule has 164 valence electrons. The minimum Gasteiger partial charge on any atom is -0.341 e. The molecule has 5 atom stereocenters. The van der Waals surface area contributed by atoms with Crippen molar-refractivity contribution in [3.63, 3.8) is 0 Å². The Hall–Kier alpha value is -1.75. The van der Waals surface area contributed by atoms with Gasteiger partial charge in [0.05, 0.1) is 5.69 Å². The van der Waals surface area contributed by atoms with E-state index in [0.29, 0.717) is 18.2 Å². The number of amidine groups is 1. The molecular formula is C22H24IN3O4S. The van der Waals surface area contributed by atoms with Gasteiger partial charge in [0.1, 0.15) is 10.7 Å². The fourth-order valence-corrected chi connectivity index (χ4v) is 7.30. The average molecular weight is 553 g/mol. The van der Waals surface area contributed by atoms with Gasteiger partial charge >= 0.3 is 0 Å². The van der Waals surface area contributed by atoms with Crippen molar-refractivity contribution in [2.24, 2.45) is 34.0 Å². The van der Waals surface area contributed by atoms with Gasteiger partial charge in [0, 0.05) is 22.1 Å². The van der Waals surface area contributed by atoms with Crippen LogP contribution in [-0.4, -0.2) is 43.4 Å². The topological polar surface area (TPSA) is 95.9 Å². The van der Waals surface area contributed by atoms with E-state index in [1.54, 1.807) is 12.1 Å². The summed E-state index contributed by atoms with van der Waals surface area (Å²) >= 11 is 2.04. The Bertz CT molecular complexity index is 1140. The third-order valence-corrected chi connectivity index (χ3v) is 8.85. The van der Waals surface area contributed by atoms with Gasteiger partial charge in [-0.3, -0.25) is 9.59 Å². The molecule has 1 saturated heterocycles. The Labute approximate surface area is 195 Å². The normalized spacial score (nSPS) is 32.7. The molecule has 9 heteroatoms. The van der Waals surface area contributed by atoms with E-state index < -0.39 is 15.9 Å². The number of fused-ring (bicyclic) bond motifs is 6. The number of Topliss-reactive ketones (excluding diaryl/α,β-unsaturated/α-hetero) is 1. The molecule has 31 heavy (non-hydrogen) atoms. The van der Waals surface area contributed by atoms with Crippen LogP contribution in [0.3, 0.4) is 0 Å². The maximum Gasteiger partial charge on any atom is 0.286 e. The summed E-state index contributed by atoms with van der Waals surface area (Å²) in [5.41, 5.74) is 0.356. The SMILES string of the molecule is CC(C)CCN1C(=O)C(C2=NS(=O)(=O)c3cc(I)ccc3N2)C(=O)C2C3C=CC(C3)C21. The smallest absolute Gasteiger partial charge is 0.286 e. The molecule has 1 aromatic carbocycles. The predicted molar refractivity (Wildman–Crippen MR) is 125 cm³/mol. The van der Waals surface area contributed by atoms with Crippen LogP contribution in [0, 0.1) is 33.2 Å². The molecule has 1 amide bonds. The third kappa shape index (κ3) is 3.35. The molecule has 1 saturated carbocycles. The number of hydrogen-bond donors (Lipinski definition) is 1. The van der Waals surface area contributed by atoms with E-state index in [-0.39, 0.29) is 46.2 Å². The second-order valence-electron chi connectivity index (χ2n) is 9.23. The summed E-state index contributed by atoms with van der Waals surface area (Å²) in [6, 6.07) is 4.84. The molecule has 2 bridgehead atoms. The highest BCUT2D eigenvalue weighted by Gasteiger charge is 2.59. The van der Waals surface area contributed by atoms with Crippen molar-refractivity contribution in [3.05, 3.63) is 33.9 Å². The van der Waals surface area contributed by atoms with Gasteiger partial charge in [-0.15, -0.1) is 4.40 Å². The summed E-state index contributed by atoms with van der Waals surface area (Å²) in [5.74, 6) is -1.39. The maximum atomic E-state index is 13.6. The second kappa shape index (κ2) is 7.40. The molecule has 0 radical (unpaired) electrons. The molecule has 2 heterocycles. The van der Waals surface area contributed by atoms with Gasteiger partial charge in [0.25, 0.3) is 10.0 Å². The number of benzene rings is 1. The monoisotopic (exact) mass is 553 g/mol. The van der Waals surface area contributed by atoms with E-state index in [2.05, 4.69) is 35.7 Å². The molecule has 7 nitrogen and oxygen atoms in total. The quantitative estimate of drug-likeness (QED) is 0.352. The molecule has 0 aromatic heterocycles. The summed E-state index contributed by atoms with van der Waals surface area (Å²) in [5, 5.41) is 3.00. The number of allylic oxidation sites excluding steroid dienone is 1. The van der Waals surface area contributed by atoms with Crippen molar-refractivity contribution in [1.29, 1.82) is 0 Å². The Morgan fingerprint density at radius 1 is 1.23 bits per heavy atom. The predicted octanol–water partition coefficient (Wildman–Crippen LogP) is 3.07. The van der Waals surface area contributed by atoms with Crippen LogP contribution in [-0.2, 0) is 19.6 Å². The van der Waals surface area contributed by atoms with Crippen molar-refractivity contribution in [3.8, 4) is 0 Å². The summed E-state index contributed by atoms with van der Waals surface area (Å²) in [6.45, 7) is 4.77. The number of hydrogen-bond acceptors (Lipinski definition) is 5. The first-order valence-electron chi connectivity index (χ1n) is 10.6. The van der Waals surface area contributed by atoms with Crippen LogP contribution in [0.25, 0.3) is 0 Å². The number of nitrogens with one attached hydrogen (secondary N) is 1. The fourth-order valence-electron chi connectivity index (χ4n) is 5.41. The van der Waals surface area contributed by atoms with Gasteiger partial charge < -0.3 is 10.2 Å². The van der Waals surface area contributed by atoms with Gasteiger partial charge in [-0.2, -0.15) is 8.42 Å². The summed E-state index contributed by atoms with van der Waals surface area (Å²) in [6.07, 6.45) is 5.92. The Morgan fingerprint density at radius 3 is 2.71 bits per heavy atom. The highest BCUT2D eigenvalue weighted by molar-refractivity contribution is 14.1. The van der Waals surface area contributed by atoms with Crippen molar-refractivity contribution in [1.82, 2.24) is 4.90 Å². The Morgan fingerprint density at radius 2 is 1.97 bits per heavy atom. The van der Waals surface area contributed by atoms with E-state index in [4.69, 9.17) is 0 Å². The van der Waals surface area contributed by atoms with E-state index >= 15 is 0 Å². The van der Waals surface area contributed by atoms with Crippen molar-refractivity contribution in [2.75, 3.05) is 11.9 Å². The van der Waals surface area contributed by atoms with E-state index in [9.17, 15) is 18.0 Å². The van der Waals surface area contributed by atoms with Crippen LogP contribution in [0.5, 0.6) is 0 Å². The number of rotatable bonds is 4. The van der Waals surface area contributed by atoms with Crippen LogP contribution in [0.1, 0.15) is 26.7 Å². The number of amides is 1. The minimum atomic E-state index is -4.00. The number of nitrogens with zero attached hydrogens (tertiary/aromatic N) is 2. The Kier molecular flexibility index (Phi) is 5.04. The van der Waals surface area contributed by atoms with Crippen molar-refractivity contribution < 1.29 is 18.0 Å². The third-order valence-electron chi connectivity index (χ3n) is 6.84. The molecular weight excluding hydrogens is 529 g/mol. The highest BCUT2D eigenvalue weighted by atomic mass is 127. The molecule has 4 aliphatic rings. The van der Waals surface area contributed by atoms with Crippen molar-refractivity contribution >= 4 is 55.8 Å². The second-order valence-corrected chi connectivity index (χ2v) is 12.0. The Balaban J connectivity index is 1.55. The number of carbonyl (C=O) groups is 2. The maximum absolute atomic E-state index is 13.6. The number of anilines is 1. The highest BCUT2D eigenvalue weighted by Crippen LogP contribution is 2.50. The molecule has 2 aliphatic heterocycles. The van der Waals surface area contributed by atoms with E-state index in [1.165, 1.54) is 6.07 Å². The lowest BCUT2D eigenvalue weighted by atomic mass is 9.75. The van der Waals surface area contributed by atoms with Gasteiger partial charge in [-0.25, -0.2) is 0 Å². The van der Waals surface area contributed by atoms with Crippen LogP contribution >= 0.6 is 22.6 Å². The number of carbonyl (C=O) groups excluding carboxylic acids is 2. The van der Waals surface area contributed by atoms with Crippen molar-refractivity contribution in [2.45, 2.75) is 37.6 Å². The zero-order valence-electron chi connectivity index (χ0n) is 17.3. The molecule has 5 rings (SSSR count). The largest absolute Gasteiger partial charge is 0.341 e. The first kappa shape index (κ1) is 21.1. The van der Waals surface area contributed by atoms with Gasteiger partial charge in [-0.05, 0) is 71.4 Å². The standard InChI is InChI=1S/C22H24IN3O4S/c1-11(2)7-8-26-19-13-4-3-12(9-13)17(19)20(27)18(22(26)28)21-24-15-6-5-14(23)10-16(15)31(29,30)25-21/h3-6,10-13,17-19H,7-9H2,1-2H3,(H,24,25). The lowest BCUT2D eigenvalue weighted by Crippen LogP contribution is -2.61. The fraction of sp³-hybridized carbons (Fsp3) is 0.500. The van der Waals surface area contributed by atoms with Crippen LogP contribution in [0.4, 0.5) is 5.69 Å². The number of likely N-dealkylation sites (tertiary alicyclic amines) is 1. The average Bonchev–Trinajstić information content (AvgIpc) is 3.30. The number of ketones is 1. The van der Waals surface area contributed by atoms with Gasteiger partial charge in [0.2, 0.25) is 5.91 Å². The lowest BCUT2D eigenvalue weighted by molar-refractivity contribution is -0.151. The van der Waals surface area contributed by atoms with E-state index in [0.717, 1.165) is 16.4 Å². The number of piperidine rings is 1. The lowest BCUT2D eigenvalue weighted by Gasteiger charge is -2.44. The summed E-state index contributed by atoms with van der Waals surface area (Å²) in [4.78, 5) is 29.1. The number of halogens is 1. The molecule has 5 unspecified atom stereocenters. The molecule has 1 N–H and O–H groups in total.